The molecule has 84 valence electrons. The van der Waals surface area contributed by atoms with Gasteiger partial charge in [0.25, 0.3) is 0 Å². The molecule has 0 heterocycles. The molecule has 1 saturated carbocycles. The van der Waals surface area contributed by atoms with Crippen LogP contribution in [0.4, 0.5) is 0 Å². The Labute approximate surface area is 86.3 Å². The predicted molar refractivity (Wildman–Crippen MR) is 57.4 cm³/mol. The highest BCUT2D eigenvalue weighted by atomic mass is 32.2. The quantitative estimate of drug-likeness (QED) is 0.612. The first kappa shape index (κ1) is 11.9. The number of nitrogens with two attached hydrogens (primary N) is 1. The Morgan fingerprint density at radius 3 is 2.57 bits per heavy atom. The van der Waals surface area contributed by atoms with E-state index in [1.54, 1.807) is 0 Å². The minimum Gasteiger partial charge on any atom is -0.314 e. The van der Waals surface area contributed by atoms with Crippen molar-refractivity contribution in [3.8, 4) is 0 Å². The monoisotopic (exact) mass is 220 g/mol. The average molecular weight is 220 g/mol. The van der Waals surface area contributed by atoms with Gasteiger partial charge in [-0.15, -0.1) is 0 Å². The van der Waals surface area contributed by atoms with Gasteiger partial charge in [0.15, 0.2) is 0 Å². The largest absolute Gasteiger partial charge is 0.314 e. The molecule has 1 aliphatic rings. The van der Waals surface area contributed by atoms with E-state index in [-0.39, 0.29) is 5.75 Å². The Bertz CT molecular complexity index is 260. The first-order valence-corrected chi connectivity index (χ1v) is 6.98. The van der Waals surface area contributed by atoms with E-state index >= 15 is 0 Å². The van der Waals surface area contributed by atoms with Gasteiger partial charge in [0, 0.05) is 6.04 Å². The van der Waals surface area contributed by atoms with Crippen LogP contribution in [-0.4, -0.2) is 26.8 Å². The molecule has 1 rings (SSSR count). The minimum absolute atomic E-state index is 0.0844. The van der Waals surface area contributed by atoms with E-state index in [4.69, 9.17) is 5.14 Å². The third-order valence-electron chi connectivity index (χ3n) is 2.64. The second kappa shape index (κ2) is 5.09. The van der Waals surface area contributed by atoms with E-state index in [1.807, 2.05) is 0 Å². The van der Waals surface area contributed by atoms with Gasteiger partial charge in [0.2, 0.25) is 10.0 Å². The van der Waals surface area contributed by atoms with Gasteiger partial charge in [-0.3, -0.25) is 0 Å². The van der Waals surface area contributed by atoms with Crippen molar-refractivity contribution in [1.29, 1.82) is 0 Å². The molecule has 0 aromatic rings. The molecule has 0 spiro atoms. The van der Waals surface area contributed by atoms with Crippen LogP contribution in [-0.2, 0) is 10.0 Å². The van der Waals surface area contributed by atoms with Crippen LogP contribution in [0.3, 0.4) is 0 Å². The van der Waals surface area contributed by atoms with Crippen LogP contribution in [0.1, 0.15) is 32.6 Å². The fraction of sp³-hybridized carbons (Fsp3) is 1.00. The first-order chi connectivity index (χ1) is 6.53. The number of rotatable bonds is 7. The predicted octanol–water partition coefficient (Wildman–Crippen LogP) is 0.443. The zero-order valence-corrected chi connectivity index (χ0v) is 9.52. The van der Waals surface area contributed by atoms with Gasteiger partial charge >= 0.3 is 0 Å². The van der Waals surface area contributed by atoms with Crippen LogP contribution in [0, 0.1) is 5.92 Å². The molecule has 1 unspecified atom stereocenters. The van der Waals surface area contributed by atoms with E-state index in [1.165, 1.54) is 12.8 Å². The molecule has 0 saturated heterocycles. The van der Waals surface area contributed by atoms with Crippen LogP contribution < -0.4 is 10.5 Å². The zero-order valence-electron chi connectivity index (χ0n) is 8.70. The molecule has 0 bridgehead atoms. The average Bonchev–Trinajstić information content (AvgIpc) is 2.86. The first-order valence-electron chi connectivity index (χ1n) is 5.27. The second-order valence-corrected chi connectivity index (χ2v) is 5.76. The standard InChI is InChI=1S/C9H20N2O2S/c1-2-9(8-4-5-8)11-6-3-7-14(10,12)13/h8-9,11H,2-7H2,1H3,(H2,10,12,13). The maximum atomic E-state index is 10.6. The van der Waals surface area contributed by atoms with E-state index in [0.717, 1.165) is 18.9 Å². The molecule has 1 fully saturated rings. The lowest BCUT2D eigenvalue weighted by Gasteiger charge is -2.15. The summed E-state index contributed by atoms with van der Waals surface area (Å²) in [5, 5.41) is 8.29. The topological polar surface area (TPSA) is 72.2 Å². The van der Waals surface area contributed by atoms with E-state index < -0.39 is 10.0 Å². The Morgan fingerprint density at radius 2 is 2.14 bits per heavy atom. The molecular formula is C9H20N2O2S. The zero-order chi connectivity index (χ0) is 10.6. The highest BCUT2D eigenvalue weighted by molar-refractivity contribution is 7.89. The summed E-state index contributed by atoms with van der Waals surface area (Å²) in [6, 6.07) is 0.579. The molecular weight excluding hydrogens is 200 g/mol. The Kier molecular flexibility index (Phi) is 4.34. The van der Waals surface area contributed by atoms with Crippen molar-refractivity contribution < 1.29 is 8.42 Å². The van der Waals surface area contributed by atoms with E-state index in [9.17, 15) is 8.42 Å². The summed E-state index contributed by atoms with van der Waals surface area (Å²) in [7, 11) is -3.27. The number of primary sulfonamides is 1. The maximum Gasteiger partial charge on any atom is 0.209 e. The molecule has 1 aliphatic carbocycles. The van der Waals surface area contributed by atoms with Gasteiger partial charge in [-0.2, -0.15) is 0 Å². The SMILES string of the molecule is CCC(NCCCS(N)(=O)=O)C1CC1. The summed E-state index contributed by atoms with van der Waals surface area (Å²) in [6.45, 7) is 2.92. The molecule has 1 atom stereocenters. The summed E-state index contributed by atoms with van der Waals surface area (Å²) in [4.78, 5) is 0. The number of nitrogens with one attached hydrogen (secondary N) is 1. The van der Waals surface area contributed by atoms with Crippen molar-refractivity contribution in [2.45, 2.75) is 38.6 Å². The van der Waals surface area contributed by atoms with E-state index in [0.29, 0.717) is 12.5 Å². The summed E-state index contributed by atoms with van der Waals surface area (Å²) in [5.74, 6) is 0.913. The molecule has 0 radical (unpaired) electrons. The van der Waals surface area contributed by atoms with Crippen LogP contribution in [0.2, 0.25) is 0 Å². The van der Waals surface area contributed by atoms with Gasteiger partial charge in [0.1, 0.15) is 0 Å². The lowest BCUT2D eigenvalue weighted by molar-refractivity contribution is 0.450. The van der Waals surface area contributed by atoms with Crippen molar-refractivity contribution in [3.63, 3.8) is 0 Å². The van der Waals surface area contributed by atoms with Crippen molar-refractivity contribution in [2.75, 3.05) is 12.3 Å². The highest BCUT2D eigenvalue weighted by Gasteiger charge is 2.29. The molecule has 0 amide bonds. The summed E-state index contributed by atoms with van der Waals surface area (Å²) in [6.07, 6.45) is 4.38. The minimum atomic E-state index is -3.27. The lowest BCUT2D eigenvalue weighted by atomic mass is 10.1. The third-order valence-corrected chi connectivity index (χ3v) is 3.50. The second-order valence-electron chi connectivity index (χ2n) is 4.03. The fourth-order valence-electron chi connectivity index (χ4n) is 1.70. The summed E-state index contributed by atoms with van der Waals surface area (Å²) in [5.41, 5.74) is 0. The number of hydrogen-bond donors (Lipinski definition) is 2. The molecule has 0 aliphatic heterocycles. The molecule has 4 nitrogen and oxygen atoms in total. The Morgan fingerprint density at radius 1 is 1.50 bits per heavy atom. The van der Waals surface area contributed by atoms with Gasteiger partial charge < -0.3 is 5.32 Å². The van der Waals surface area contributed by atoms with Crippen molar-refractivity contribution >= 4 is 10.0 Å². The normalized spacial score (nSPS) is 19.6. The van der Waals surface area contributed by atoms with Crippen LogP contribution in [0.5, 0.6) is 0 Å². The van der Waals surface area contributed by atoms with E-state index in [2.05, 4.69) is 12.2 Å². The molecule has 3 N–H and O–H groups in total. The van der Waals surface area contributed by atoms with Crippen LogP contribution in [0.25, 0.3) is 0 Å². The van der Waals surface area contributed by atoms with Crippen LogP contribution >= 0.6 is 0 Å². The van der Waals surface area contributed by atoms with Crippen molar-refractivity contribution in [3.05, 3.63) is 0 Å². The molecule has 5 heteroatoms. The van der Waals surface area contributed by atoms with Crippen molar-refractivity contribution in [2.24, 2.45) is 11.1 Å². The van der Waals surface area contributed by atoms with Gasteiger partial charge in [0.05, 0.1) is 5.75 Å². The Balaban J connectivity index is 2.07. The van der Waals surface area contributed by atoms with Gasteiger partial charge in [-0.25, -0.2) is 13.6 Å². The summed E-state index contributed by atoms with van der Waals surface area (Å²) < 4.78 is 21.3. The molecule has 0 aromatic heterocycles. The smallest absolute Gasteiger partial charge is 0.209 e. The van der Waals surface area contributed by atoms with Gasteiger partial charge in [-0.05, 0) is 38.1 Å². The summed E-state index contributed by atoms with van der Waals surface area (Å²) >= 11 is 0. The molecule has 0 aromatic carbocycles. The molecule has 14 heavy (non-hydrogen) atoms. The lowest BCUT2D eigenvalue weighted by Crippen LogP contribution is -2.32. The number of sulfonamides is 1. The number of hydrogen-bond acceptors (Lipinski definition) is 3. The maximum absolute atomic E-state index is 10.6. The fourth-order valence-corrected chi connectivity index (χ4v) is 2.25. The third kappa shape index (κ3) is 4.93. The highest BCUT2D eigenvalue weighted by Crippen LogP contribution is 2.33. The van der Waals surface area contributed by atoms with Crippen LogP contribution in [0.15, 0.2) is 0 Å². The van der Waals surface area contributed by atoms with Crippen molar-refractivity contribution in [1.82, 2.24) is 5.32 Å². The Hall–Kier alpha value is -0.130. The van der Waals surface area contributed by atoms with Gasteiger partial charge in [-0.1, -0.05) is 6.92 Å².